The summed E-state index contributed by atoms with van der Waals surface area (Å²) in [7, 11) is 0. The number of nitrogens with zero attached hydrogens (tertiary/aromatic N) is 3. The van der Waals surface area contributed by atoms with Crippen LogP contribution in [0.2, 0.25) is 0 Å². The molecule has 0 radical (unpaired) electrons. The molecule has 0 fully saturated rings. The van der Waals surface area contributed by atoms with Gasteiger partial charge in [-0.05, 0) is 47.2 Å². The van der Waals surface area contributed by atoms with Crippen molar-refractivity contribution in [2.75, 3.05) is 5.32 Å². The fraction of sp³-hybridized carbons (Fsp3) is 0.0741. The maximum atomic E-state index is 4.85. The minimum Gasteiger partial charge on any atom is -0.364 e. The molecule has 5 aromatic rings. The van der Waals surface area contributed by atoms with E-state index in [4.69, 9.17) is 4.98 Å². The van der Waals surface area contributed by atoms with Crippen LogP contribution in [-0.4, -0.2) is 15.0 Å². The average molecular weight is 403 g/mol. The molecule has 0 saturated carbocycles. The number of fused-ring (bicyclic) bond motifs is 1. The van der Waals surface area contributed by atoms with Crippen LogP contribution in [0.15, 0.2) is 97.6 Å². The molecule has 0 aliphatic heterocycles. The summed E-state index contributed by atoms with van der Waals surface area (Å²) in [5, 5.41) is 5.76. The highest BCUT2D eigenvalue weighted by Crippen LogP contribution is 2.38. The number of aromatic nitrogens is 3. The fourth-order valence-electron chi connectivity index (χ4n) is 3.90. The topological polar surface area (TPSA) is 50.7 Å². The Kier molecular flexibility index (Phi) is 5.11. The van der Waals surface area contributed by atoms with Crippen LogP contribution in [0.3, 0.4) is 0 Å². The predicted molar refractivity (Wildman–Crippen MR) is 127 cm³/mol. The quantitative estimate of drug-likeness (QED) is 0.376. The van der Waals surface area contributed by atoms with Gasteiger partial charge in [-0.15, -0.1) is 0 Å². The van der Waals surface area contributed by atoms with Gasteiger partial charge in [0.1, 0.15) is 5.82 Å². The van der Waals surface area contributed by atoms with Crippen molar-refractivity contribution in [3.8, 4) is 22.3 Å². The second-order valence-electron chi connectivity index (χ2n) is 7.54. The highest BCUT2D eigenvalue weighted by atomic mass is 15.0. The normalized spacial score (nSPS) is 10.9. The van der Waals surface area contributed by atoms with Crippen LogP contribution in [-0.2, 0) is 6.54 Å². The monoisotopic (exact) mass is 402 g/mol. The third-order valence-electron chi connectivity index (χ3n) is 5.35. The smallest absolute Gasteiger partial charge is 0.134 e. The Morgan fingerprint density at radius 1 is 0.742 bits per heavy atom. The zero-order valence-electron chi connectivity index (χ0n) is 17.3. The SMILES string of the molecule is Cc1cncc(-c2cnc(NCc3ccccn3)c3c(-c4ccccc4)cccc23)c1. The van der Waals surface area contributed by atoms with E-state index in [2.05, 4.69) is 70.7 Å². The van der Waals surface area contributed by atoms with Crippen molar-refractivity contribution >= 4 is 16.6 Å². The van der Waals surface area contributed by atoms with Gasteiger partial charge < -0.3 is 5.32 Å². The summed E-state index contributed by atoms with van der Waals surface area (Å²) in [6.45, 7) is 2.67. The van der Waals surface area contributed by atoms with Crippen LogP contribution < -0.4 is 5.32 Å². The second-order valence-corrected chi connectivity index (χ2v) is 7.54. The summed E-state index contributed by atoms with van der Waals surface area (Å²) < 4.78 is 0. The molecule has 0 bridgehead atoms. The number of hydrogen-bond donors (Lipinski definition) is 1. The van der Waals surface area contributed by atoms with E-state index >= 15 is 0 Å². The molecule has 0 aliphatic carbocycles. The van der Waals surface area contributed by atoms with Crippen molar-refractivity contribution in [2.24, 2.45) is 0 Å². The van der Waals surface area contributed by atoms with Crippen molar-refractivity contribution < 1.29 is 0 Å². The average Bonchev–Trinajstić information content (AvgIpc) is 2.83. The number of pyridine rings is 3. The van der Waals surface area contributed by atoms with Crippen molar-refractivity contribution in [2.45, 2.75) is 13.5 Å². The predicted octanol–water partition coefficient (Wildman–Crippen LogP) is 6.28. The van der Waals surface area contributed by atoms with Crippen LogP contribution in [0.4, 0.5) is 5.82 Å². The zero-order chi connectivity index (χ0) is 21.0. The molecule has 31 heavy (non-hydrogen) atoms. The molecule has 3 aromatic heterocycles. The van der Waals surface area contributed by atoms with E-state index in [0.717, 1.165) is 50.1 Å². The summed E-state index contributed by atoms with van der Waals surface area (Å²) in [6.07, 6.45) is 7.52. The lowest BCUT2D eigenvalue weighted by Gasteiger charge is -2.16. The second kappa shape index (κ2) is 8.36. The van der Waals surface area contributed by atoms with Crippen LogP contribution in [0.5, 0.6) is 0 Å². The first-order valence-electron chi connectivity index (χ1n) is 10.3. The molecule has 0 amide bonds. The van der Waals surface area contributed by atoms with Gasteiger partial charge in [0.2, 0.25) is 0 Å². The number of nitrogens with one attached hydrogen (secondary N) is 1. The third-order valence-corrected chi connectivity index (χ3v) is 5.35. The molecule has 3 heterocycles. The highest BCUT2D eigenvalue weighted by molar-refractivity contribution is 6.09. The lowest BCUT2D eigenvalue weighted by Crippen LogP contribution is -2.04. The molecule has 0 unspecified atom stereocenters. The van der Waals surface area contributed by atoms with Gasteiger partial charge in [0.05, 0.1) is 12.2 Å². The minimum atomic E-state index is 0.609. The molecule has 0 atom stereocenters. The molecule has 1 N–H and O–H groups in total. The number of benzene rings is 2. The molecule has 0 saturated heterocycles. The largest absolute Gasteiger partial charge is 0.364 e. The Morgan fingerprint density at radius 3 is 2.42 bits per heavy atom. The van der Waals surface area contributed by atoms with Crippen molar-refractivity contribution in [1.82, 2.24) is 15.0 Å². The summed E-state index contributed by atoms with van der Waals surface area (Å²) in [4.78, 5) is 13.7. The third kappa shape index (κ3) is 3.88. The molecular formula is C27H22N4. The van der Waals surface area contributed by atoms with Gasteiger partial charge in [-0.3, -0.25) is 9.97 Å². The highest BCUT2D eigenvalue weighted by Gasteiger charge is 2.14. The van der Waals surface area contributed by atoms with Gasteiger partial charge in [-0.25, -0.2) is 4.98 Å². The maximum absolute atomic E-state index is 4.85. The maximum Gasteiger partial charge on any atom is 0.134 e. The molecule has 0 spiro atoms. The van der Waals surface area contributed by atoms with Gasteiger partial charge in [0.15, 0.2) is 0 Å². The van der Waals surface area contributed by atoms with Crippen molar-refractivity contribution in [1.29, 1.82) is 0 Å². The molecule has 4 heteroatoms. The van der Waals surface area contributed by atoms with E-state index < -0.39 is 0 Å². The number of hydrogen-bond acceptors (Lipinski definition) is 4. The van der Waals surface area contributed by atoms with Gasteiger partial charge in [0.25, 0.3) is 0 Å². The van der Waals surface area contributed by atoms with Crippen LogP contribution in [0.25, 0.3) is 33.0 Å². The first-order chi connectivity index (χ1) is 15.3. The fourth-order valence-corrected chi connectivity index (χ4v) is 3.90. The number of anilines is 1. The van der Waals surface area contributed by atoms with Gasteiger partial charge in [-0.1, -0.05) is 54.6 Å². The molecule has 5 rings (SSSR count). The Morgan fingerprint density at radius 2 is 1.61 bits per heavy atom. The molecular weight excluding hydrogens is 380 g/mol. The molecule has 4 nitrogen and oxygen atoms in total. The van der Waals surface area contributed by atoms with E-state index in [1.807, 2.05) is 49.1 Å². The van der Waals surface area contributed by atoms with E-state index in [1.165, 1.54) is 0 Å². The summed E-state index contributed by atoms with van der Waals surface area (Å²) in [6, 6.07) is 25.0. The molecule has 0 aliphatic rings. The molecule has 2 aromatic carbocycles. The summed E-state index contributed by atoms with van der Waals surface area (Å²) >= 11 is 0. The minimum absolute atomic E-state index is 0.609. The van der Waals surface area contributed by atoms with Gasteiger partial charge >= 0.3 is 0 Å². The van der Waals surface area contributed by atoms with Crippen molar-refractivity contribution in [3.05, 3.63) is 109 Å². The Hall–Kier alpha value is -4.05. The standard InChI is InChI=1S/C27H22N4/c1-19-14-21(16-28-15-19)25-18-31-27(30-17-22-10-5-6-13-29-22)26-23(11-7-12-24(25)26)20-8-3-2-4-9-20/h2-16,18H,17H2,1H3,(H,30,31). The Bertz CT molecular complexity index is 1330. The van der Waals surface area contributed by atoms with Gasteiger partial charge in [-0.2, -0.15) is 0 Å². The van der Waals surface area contributed by atoms with Crippen LogP contribution in [0, 0.1) is 6.92 Å². The van der Waals surface area contributed by atoms with Crippen molar-refractivity contribution in [3.63, 3.8) is 0 Å². The van der Waals surface area contributed by atoms with Gasteiger partial charge in [0, 0.05) is 41.3 Å². The first-order valence-corrected chi connectivity index (χ1v) is 10.3. The first kappa shape index (κ1) is 18.9. The zero-order valence-corrected chi connectivity index (χ0v) is 17.3. The van der Waals surface area contributed by atoms with E-state index in [0.29, 0.717) is 6.54 Å². The van der Waals surface area contributed by atoms with E-state index in [-0.39, 0.29) is 0 Å². The molecule has 150 valence electrons. The lowest BCUT2D eigenvalue weighted by molar-refractivity contribution is 1.03. The number of rotatable bonds is 5. The van der Waals surface area contributed by atoms with Crippen LogP contribution >= 0.6 is 0 Å². The van der Waals surface area contributed by atoms with E-state index in [1.54, 1.807) is 0 Å². The summed E-state index contributed by atoms with van der Waals surface area (Å²) in [5.74, 6) is 0.851. The summed E-state index contributed by atoms with van der Waals surface area (Å²) in [5.41, 5.74) is 6.56. The lowest BCUT2D eigenvalue weighted by atomic mass is 9.94. The number of aryl methyl sites for hydroxylation is 1. The van der Waals surface area contributed by atoms with E-state index in [9.17, 15) is 0 Å². The Labute approximate surface area is 181 Å². The Balaban J connectivity index is 1.70. The van der Waals surface area contributed by atoms with Crippen LogP contribution in [0.1, 0.15) is 11.3 Å².